The van der Waals surface area contributed by atoms with E-state index >= 15 is 0 Å². The smallest absolute Gasteiger partial charge is 0.297 e. The Morgan fingerprint density at radius 2 is 1.30 bits per heavy atom. The lowest BCUT2D eigenvalue weighted by atomic mass is 10.1. The second kappa shape index (κ2) is 21.1. The van der Waals surface area contributed by atoms with Gasteiger partial charge in [-0.15, -0.1) is 26.7 Å². The summed E-state index contributed by atoms with van der Waals surface area (Å²) in [6.07, 6.45) is 3.75. The molecule has 0 atom stereocenters. The molecule has 0 saturated carbocycles. The number of rotatable bonds is 19. The van der Waals surface area contributed by atoms with E-state index < -0.39 is 50.3 Å². The molecular weight excluding hydrogens is 1020 g/mol. The molecule has 0 aliphatic rings. The monoisotopic (exact) mass is 1050 g/mol. The molecule has 0 aliphatic heterocycles. The highest BCUT2D eigenvalue weighted by Crippen LogP contribution is 2.49. The first-order valence-corrected chi connectivity index (χ1v) is 26.3. The fraction of sp³-hybridized carbons (Fsp3) is 0.122. The van der Waals surface area contributed by atoms with Crippen molar-refractivity contribution in [3.8, 4) is 22.7 Å². The molecule has 0 radical (unpaired) electrons. The van der Waals surface area contributed by atoms with Crippen molar-refractivity contribution in [2.24, 2.45) is 20.5 Å². The van der Waals surface area contributed by atoms with Crippen LogP contribution in [0.15, 0.2) is 126 Å². The van der Waals surface area contributed by atoms with E-state index in [0.29, 0.717) is 16.4 Å². The Morgan fingerprint density at radius 3 is 1.83 bits per heavy atom. The average Bonchev–Trinajstić information content (AvgIpc) is 4.00. The van der Waals surface area contributed by atoms with Crippen molar-refractivity contribution in [3.63, 3.8) is 0 Å². The van der Waals surface area contributed by atoms with Gasteiger partial charge in [-0.25, -0.2) is 9.97 Å². The number of thiazole rings is 1. The average molecular weight is 1050 g/mol. The van der Waals surface area contributed by atoms with Gasteiger partial charge in [0.05, 0.1) is 60.5 Å². The first kappa shape index (κ1) is 51.4. The molecule has 3 aromatic heterocycles. The van der Waals surface area contributed by atoms with Crippen molar-refractivity contribution in [2.75, 3.05) is 39.1 Å². The Morgan fingerprint density at radius 1 is 0.725 bits per heavy atom. The first-order valence-electron chi connectivity index (χ1n) is 18.9. The molecule has 6 rings (SSSR count). The van der Waals surface area contributed by atoms with Gasteiger partial charge in [-0.2, -0.15) is 49.3 Å². The molecule has 22 nitrogen and oxygen atoms in total. The lowest BCUT2D eigenvalue weighted by Gasteiger charge is -2.16. The summed E-state index contributed by atoms with van der Waals surface area (Å²) in [7, 11) is -12.9. The molecule has 3 aromatic carbocycles. The maximum Gasteiger partial charge on any atom is 0.297 e. The minimum absolute atomic E-state index is 0.00368. The summed E-state index contributed by atoms with van der Waals surface area (Å²) in [6, 6.07) is 18.9. The summed E-state index contributed by atoms with van der Waals surface area (Å²) in [4.78, 5) is 7.75. The fourth-order valence-electron chi connectivity index (χ4n) is 6.00. The molecule has 0 amide bonds. The van der Waals surface area contributed by atoms with E-state index in [1.807, 2.05) is 0 Å². The third-order valence-corrected chi connectivity index (χ3v) is 16.4. The Hall–Kier alpha value is -6.96. The molecule has 0 saturated heterocycles. The van der Waals surface area contributed by atoms with Crippen molar-refractivity contribution in [1.82, 2.24) is 9.97 Å². The summed E-state index contributed by atoms with van der Waals surface area (Å²) in [6.45, 7) is 5.14. The van der Waals surface area contributed by atoms with Gasteiger partial charge in [0.2, 0.25) is 0 Å². The number of hydrogen-bond acceptors (Lipinski definition) is 24. The van der Waals surface area contributed by atoms with Crippen LogP contribution in [0.3, 0.4) is 0 Å². The molecule has 28 heteroatoms. The van der Waals surface area contributed by atoms with Crippen molar-refractivity contribution in [3.05, 3.63) is 119 Å². The first-order chi connectivity index (χ1) is 32.7. The van der Waals surface area contributed by atoms with Gasteiger partial charge >= 0.3 is 0 Å². The minimum atomic E-state index is -4.40. The van der Waals surface area contributed by atoms with E-state index in [1.54, 1.807) is 12.3 Å². The summed E-state index contributed by atoms with van der Waals surface area (Å²) in [5, 5.41) is 46.4. The number of azo groups is 2. The second-order valence-electron chi connectivity index (χ2n) is 13.3. The predicted molar refractivity (Wildman–Crippen MR) is 255 cm³/mol. The Kier molecular flexibility index (Phi) is 15.8. The Bertz CT molecular complexity index is 3600. The van der Waals surface area contributed by atoms with Crippen molar-refractivity contribution < 1.29 is 50.4 Å². The third kappa shape index (κ3) is 11.2. The van der Waals surface area contributed by atoms with Crippen LogP contribution in [0.1, 0.15) is 27.8 Å². The largest absolute Gasteiger partial charge is 0.339 e. The molecule has 3 heterocycles. The lowest BCUT2D eigenvalue weighted by molar-refractivity contribution is 0.396. The van der Waals surface area contributed by atoms with Gasteiger partial charge in [0.25, 0.3) is 40.5 Å². The number of aromatic nitrogens is 2. The normalized spacial score (nSPS) is 12.4. The number of pyridine rings is 1. The van der Waals surface area contributed by atoms with E-state index in [4.69, 9.17) is 4.18 Å². The van der Waals surface area contributed by atoms with E-state index in [9.17, 15) is 44.2 Å². The van der Waals surface area contributed by atoms with Crippen LogP contribution < -0.4 is 10.6 Å². The highest BCUT2D eigenvalue weighted by molar-refractivity contribution is 7.96. The molecular formula is C41H34N10O12S6. The van der Waals surface area contributed by atoms with Gasteiger partial charge in [-0.3, -0.25) is 16.7 Å². The third-order valence-electron chi connectivity index (χ3n) is 9.48. The zero-order valence-corrected chi connectivity index (χ0v) is 41.2. The number of nitrogens with one attached hydrogen (secondary N) is 2. The summed E-state index contributed by atoms with van der Waals surface area (Å²) in [5.41, 5.74) is 0.763. The van der Waals surface area contributed by atoms with Crippen LogP contribution in [0.5, 0.6) is 0 Å². The van der Waals surface area contributed by atoms with Crippen LogP contribution in [-0.4, -0.2) is 72.1 Å². The lowest BCUT2D eigenvalue weighted by Crippen LogP contribution is -2.09. The van der Waals surface area contributed by atoms with E-state index in [-0.39, 0.29) is 70.5 Å². The highest BCUT2D eigenvalue weighted by Gasteiger charge is 2.27. The topological polar surface area (TPSA) is 320 Å². The van der Waals surface area contributed by atoms with Crippen LogP contribution >= 0.6 is 22.7 Å². The zero-order valence-electron chi connectivity index (χ0n) is 36.3. The van der Waals surface area contributed by atoms with Crippen LogP contribution in [0.4, 0.5) is 38.7 Å². The molecule has 0 bridgehead atoms. The number of thiophene rings is 1. The highest BCUT2D eigenvalue weighted by atomic mass is 32.2. The molecule has 69 heavy (non-hydrogen) atoms. The number of anilines is 4. The summed E-state index contributed by atoms with van der Waals surface area (Å²) >= 11 is 2.04. The fourth-order valence-corrected chi connectivity index (χ4v) is 10.5. The Labute approximate surface area is 404 Å². The quantitative estimate of drug-likeness (QED) is 0.0564. The van der Waals surface area contributed by atoms with Crippen molar-refractivity contribution in [2.45, 2.75) is 21.6 Å². The molecule has 0 fully saturated rings. The minimum Gasteiger partial charge on any atom is -0.339 e. The van der Waals surface area contributed by atoms with Crippen LogP contribution in [0.2, 0.25) is 0 Å². The predicted octanol–water partition coefficient (Wildman–Crippen LogP) is 8.93. The number of hydrogen-bond donors (Lipinski definition) is 2. The van der Waals surface area contributed by atoms with Crippen molar-refractivity contribution in [1.29, 1.82) is 10.5 Å². The van der Waals surface area contributed by atoms with Gasteiger partial charge in [0.15, 0.2) is 21.6 Å². The standard InChI is InChI=1S/C41H34N10O12S6/c1-24-32(22-42)37(46-26-10-14-28(15-11-26)67(54,55)61-4)48-38(47-27-12-16-29(17-13-27)68(56,57)62-5)36(24)49-51-39-33(23-43)35(40-44-20-21-64-40)41(65-39)50-45-19-18-31-30(25(2)66(52,53)60-3)8-7-9-34(31)69(58,59)63-6/h7-21H,2H2,1,3-6H3,(H2,46,47,48)/b19-18+,50-45?,51-49?. The van der Waals surface area contributed by atoms with Crippen LogP contribution in [-0.2, 0) is 57.2 Å². The second-order valence-corrected chi connectivity index (χ2v) is 22.0. The Balaban J connectivity index is 1.46. The van der Waals surface area contributed by atoms with Gasteiger partial charge in [-0.05, 0) is 67.6 Å². The molecule has 0 aliphatic carbocycles. The SMILES string of the molecule is C=C(c1cccc(S(=O)(=O)OC)c1/C=C/N=Nc1sc(N=Nc2c(Nc3ccc(S(=O)(=O)OC)cc3)nc(Nc3ccc(S(=O)(=O)OC)cc3)c(C#N)c2C)c(C#N)c1-c1nccs1)S(=O)(=O)OC. The molecule has 2 N–H and O–H groups in total. The van der Waals surface area contributed by atoms with Gasteiger partial charge in [0, 0.05) is 39.6 Å². The van der Waals surface area contributed by atoms with Crippen molar-refractivity contribution >= 4 is 113 Å². The van der Waals surface area contributed by atoms with E-state index in [0.717, 1.165) is 46.0 Å². The molecule has 6 aromatic rings. The number of benzene rings is 3. The van der Waals surface area contributed by atoms with E-state index in [2.05, 4.69) is 72.3 Å². The molecule has 0 unspecified atom stereocenters. The maximum atomic E-state index is 12.9. The summed E-state index contributed by atoms with van der Waals surface area (Å²) in [5.74, 6) is 0.00211. The number of nitrogens with zero attached hydrogens (tertiary/aromatic N) is 8. The number of nitriles is 2. The molecule has 356 valence electrons. The van der Waals surface area contributed by atoms with Gasteiger partial charge in [-0.1, -0.05) is 30.0 Å². The van der Waals surface area contributed by atoms with Gasteiger partial charge < -0.3 is 10.6 Å². The maximum absolute atomic E-state index is 12.9. The molecule has 0 spiro atoms. The zero-order chi connectivity index (χ0) is 50.3. The van der Waals surface area contributed by atoms with Gasteiger partial charge in [0.1, 0.15) is 33.3 Å². The summed E-state index contributed by atoms with van der Waals surface area (Å²) < 4.78 is 119. The van der Waals surface area contributed by atoms with Crippen LogP contribution in [0.25, 0.3) is 21.6 Å². The van der Waals surface area contributed by atoms with Crippen LogP contribution in [0, 0.1) is 29.6 Å². The van der Waals surface area contributed by atoms with E-state index in [1.165, 1.54) is 90.3 Å².